The van der Waals surface area contributed by atoms with E-state index in [0.29, 0.717) is 17.5 Å². The molecule has 0 heterocycles. The van der Waals surface area contributed by atoms with E-state index in [9.17, 15) is 13.6 Å². The van der Waals surface area contributed by atoms with Gasteiger partial charge in [0.05, 0.1) is 4.83 Å². The number of benzene rings is 1. The van der Waals surface area contributed by atoms with Crippen molar-refractivity contribution in [3.63, 3.8) is 0 Å². The van der Waals surface area contributed by atoms with Gasteiger partial charge in [-0.3, -0.25) is 4.79 Å². The molecule has 0 N–H and O–H groups in total. The summed E-state index contributed by atoms with van der Waals surface area (Å²) in [7, 11) is 0. The number of hydrogen-bond donors (Lipinski definition) is 0. The normalized spacial score (nSPS) is 12.9. The average molecular weight is 291 g/mol. The highest BCUT2D eigenvalue weighted by molar-refractivity contribution is 9.09. The molecule has 0 aliphatic carbocycles. The lowest BCUT2D eigenvalue weighted by Gasteiger charge is -2.12. The first-order chi connectivity index (χ1) is 7.47. The average Bonchev–Trinajstić information content (AvgIpc) is 2.26. The van der Waals surface area contributed by atoms with Crippen LogP contribution in [-0.4, -0.2) is 5.78 Å². The van der Waals surface area contributed by atoms with Crippen LogP contribution >= 0.6 is 15.9 Å². The fraction of sp³-hybridized carbons (Fsp3) is 0.417. The molecular weight excluding hydrogens is 278 g/mol. The summed E-state index contributed by atoms with van der Waals surface area (Å²) in [5, 5.41) is 0. The third-order valence-corrected chi connectivity index (χ3v) is 3.61. The van der Waals surface area contributed by atoms with Gasteiger partial charge in [0, 0.05) is 5.56 Å². The maximum atomic E-state index is 12.8. The molecule has 1 aromatic rings. The molecule has 0 aliphatic heterocycles. The zero-order chi connectivity index (χ0) is 12.3. The van der Waals surface area contributed by atoms with Crippen LogP contribution in [0.5, 0.6) is 0 Å². The second kappa shape index (κ2) is 5.53. The predicted molar refractivity (Wildman–Crippen MR) is 63.1 cm³/mol. The van der Waals surface area contributed by atoms with Crippen LogP contribution in [-0.2, 0) is 11.2 Å². The van der Waals surface area contributed by atoms with E-state index in [1.54, 1.807) is 12.1 Å². The molecule has 0 spiro atoms. The van der Waals surface area contributed by atoms with Crippen molar-refractivity contribution in [1.29, 1.82) is 0 Å². The largest absolute Gasteiger partial charge is 0.298 e. The summed E-state index contributed by atoms with van der Waals surface area (Å²) in [5.74, 6) is -0.0931. The number of ketones is 1. The summed E-state index contributed by atoms with van der Waals surface area (Å²) >= 11 is 3.19. The zero-order valence-corrected chi connectivity index (χ0v) is 10.7. The number of carbonyl (C=O) groups excluding carboxylic acids is 1. The zero-order valence-electron chi connectivity index (χ0n) is 9.14. The number of halogens is 3. The Balaban J connectivity index is 3.16. The van der Waals surface area contributed by atoms with E-state index in [4.69, 9.17) is 0 Å². The Morgan fingerprint density at radius 1 is 1.44 bits per heavy atom. The predicted octanol–water partition coefficient (Wildman–Crippen LogP) is 4.21. The Hall–Kier alpha value is -0.770. The van der Waals surface area contributed by atoms with Crippen molar-refractivity contribution in [2.45, 2.75) is 31.5 Å². The lowest BCUT2D eigenvalue weighted by molar-refractivity contribution is -0.116. The van der Waals surface area contributed by atoms with Gasteiger partial charge in [0.1, 0.15) is 5.78 Å². The first kappa shape index (κ1) is 13.3. The molecular formula is C12H13BrF2O. The quantitative estimate of drug-likeness (QED) is 0.759. The highest BCUT2D eigenvalue weighted by Crippen LogP contribution is 2.30. The fourth-order valence-electron chi connectivity index (χ4n) is 1.53. The van der Waals surface area contributed by atoms with Gasteiger partial charge in [0.25, 0.3) is 6.43 Å². The van der Waals surface area contributed by atoms with Gasteiger partial charge in [-0.1, -0.05) is 35.0 Å². The Bertz CT molecular complexity index is 391. The molecule has 0 radical (unpaired) electrons. The van der Waals surface area contributed by atoms with E-state index in [2.05, 4.69) is 15.9 Å². The van der Waals surface area contributed by atoms with Crippen LogP contribution < -0.4 is 0 Å². The standard InChI is InChI=1S/C12H13BrF2O/c1-3-8-4-5-9(11(13)7(2)16)6-10(8)12(14)15/h4-6,11-12H,3H2,1-2H3. The van der Waals surface area contributed by atoms with E-state index in [1.165, 1.54) is 13.0 Å². The van der Waals surface area contributed by atoms with Crippen LogP contribution in [0.25, 0.3) is 0 Å². The molecule has 4 heteroatoms. The van der Waals surface area contributed by atoms with Crippen LogP contribution in [0, 0.1) is 0 Å². The van der Waals surface area contributed by atoms with Gasteiger partial charge >= 0.3 is 0 Å². The summed E-state index contributed by atoms with van der Waals surface area (Å²) in [6, 6.07) is 4.78. The van der Waals surface area contributed by atoms with Crippen molar-refractivity contribution >= 4 is 21.7 Å². The minimum absolute atomic E-state index is 0.0192. The van der Waals surface area contributed by atoms with E-state index >= 15 is 0 Å². The van der Waals surface area contributed by atoms with Gasteiger partial charge in [0.15, 0.2) is 0 Å². The van der Waals surface area contributed by atoms with Gasteiger partial charge in [0.2, 0.25) is 0 Å². The maximum absolute atomic E-state index is 12.8. The molecule has 1 nitrogen and oxygen atoms in total. The Labute approximate surface area is 102 Å². The van der Waals surface area contributed by atoms with Crippen molar-refractivity contribution in [3.8, 4) is 0 Å². The molecule has 1 aromatic carbocycles. The number of alkyl halides is 3. The summed E-state index contributed by atoms with van der Waals surface area (Å²) in [4.78, 5) is 10.6. The molecule has 0 aliphatic rings. The monoisotopic (exact) mass is 290 g/mol. The molecule has 0 amide bonds. The van der Waals surface area contributed by atoms with Crippen LogP contribution in [0.3, 0.4) is 0 Å². The molecule has 0 saturated heterocycles. The van der Waals surface area contributed by atoms with Crippen LogP contribution in [0.15, 0.2) is 18.2 Å². The number of rotatable bonds is 4. The SMILES string of the molecule is CCc1ccc(C(Br)C(C)=O)cc1C(F)F. The van der Waals surface area contributed by atoms with Crippen molar-refractivity contribution in [1.82, 2.24) is 0 Å². The third-order valence-electron chi connectivity index (χ3n) is 2.44. The van der Waals surface area contributed by atoms with Gasteiger partial charge in [-0.2, -0.15) is 0 Å². The number of carbonyl (C=O) groups is 1. The minimum atomic E-state index is -2.50. The molecule has 0 fully saturated rings. The minimum Gasteiger partial charge on any atom is -0.298 e. The summed E-state index contributed by atoms with van der Waals surface area (Å²) in [6.45, 7) is 3.26. The topological polar surface area (TPSA) is 17.1 Å². The molecule has 16 heavy (non-hydrogen) atoms. The molecule has 1 rings (SSSR count). The smallest absolute Gasteiger partial charge is 0.264 e. The Kier molecular flexibility index (Phi) is 4.59. The Morgan fingerprint density at radius 2 is 2.06 bits per heavy atom. The number of hydrogen-bond acceptors (Lipinski definition) is 1. The van der Waals surface area contributed by atoms with E-state index in [1.807, 2.05) is 6.92 Å². The van der Waals surface area contributed by atoms with Crippen molar-refractivity contribution in [3.05, 3.63) is 34.9 Å². The summed E-state index contributed by atoms with van der Waals surface area (Å²) in [5.41, 5.74) is 1.23. The van der Waals surface area contributed by atoms with E-state index < -0.39 is 11.3 Å². The summed E-state index contributed by atoms with van der Waals surface area (Å²) < 4.78 is 25.5. The van der Waals surface area contributed by atoms with Gasteiger partial charge in [-0.15, -0.1) is 0 Å². The highest BCUT2D eigenvalue weighted by Gasteiger charge is 2.17. The molecule has 0 aromatic heterocycles. The summed E-state index contributed by atoms with van der Waals surface area (Å²) in [6.07, 6.45) is -1.94. The fourth-order valence-corrected chi connectivity index (χ4v) is 1.82. The van der Waals surface area contributed by atoms with Gasteiger partial charge in [-0.25, -0.2) is 8.78 Å². The van der Waals surface area contributed by atoms with E-state index in [-0.39, 0.29) is 11.3 Å². The molecule has 1 unspecified atom stereocenters. The number of Topliss-reactive ketones (excluding diaryl/α,β-unsaturated/α-hetero) is 1. The van der Waals surface area contributed by atoms with Crippen molar-refractivity contribution in [2.75, 3.05) is 0 Å². The molecule has 1 atom stereocenters. The van der Waals surface area contributed by atoms with Crippen LogP contribution in [0.4, 0.5) is 8.78 Å². The third kappa shape index (κ3) is 2.88. The van der Waals surface area contributed by atoms with Crippen LogP contribution in [0.2, 0.25) is 0 Å². The van der Waals surface area contributed by atoms with E-state index in [0.717, 1.165) is 0 Å². The van der Waals surface area contributed by atoms with Gasteiger partial charge < -0.3 is 0 Å². The lowest BCUT2D eigenvalue weighted by Crippen LogP contribution is -2.03. The number of aryl methyl sites for hydroxylation is 1. The first-order valence-corrected chi connectivity index (χ1v) is 5.94. The van der Waals surface area contributed by atoms with Crippen molar-refractivity contribution in [2.24, 2.45) is 0 Å². The molecule has 0 bridgehead atoms. The second-order valence-electron chi connectivity index (χ2n) is 3.59. The second-order valence-corrected chi connectivity index (χ2v) is 4.50. The molecule has 88 valence electrons. The molecule has 0 saturated carbocycles. The highest BCUT2D eigenvalue weighted by atomic mass is 79.9. The Morgan fingerprint density at radius 3 is 2.50 bits per heavy atom. The van der Waals surface area contributed by atoms with Crippen LogP contribution in [0.1, 0.15) is 41.8 Å². The lowest BCUT2D eigenvalue weighted by atomic mass is 10.00. The van der Waals surface area contributed by atoms with Gasteiger partial charge in [-0.05, 0) is 30.5 Å². The first-order valence-electron chi connectivity index (χ1n) is 5.02. The van der Waals surface area contributed by atoms with Crippen molar-refractivity contribution < 1.29 is 13.6 Å². The maximum Gasteiger partial charge on any atom is 0.264 e.